The number of esters is 1. The molecule has 11 heteroatoms. The second kappa shape index (κ2) is 7.43. The highest BCUT2D eigenvalue weighted by molar-refractivity contribution is 7.89. The van der Waals surface area contributed by atoms with E-state index in [9.17, 15) is 31.2 Å². The van der Waals surface area contributed by atoms with Crippen LogP contribution in [0.5, 0.6) is 0 Å². The molecule has 1 N–H and O–H groups in total. The normalized spacial score (nSPS) is 12.4. The van der Waals surface area contributed by atoms with Crippen molar-refractivity contribution in [1.82, 2.24) is 4.31 Å². The van der Waals surface area contributed by atoms with Gasteiger partial charge >= 0.3 is 18.1 Å². The number of hydrogen-bond donors (Lipinski definition) is 1. The Kier molecular flexibility index (Phi) is 6.92. The first-order valence-electron chi connectivity index (χ1n) is 5.31. The lowest BCUT2D eigenvalue weighted by Gasteiger charge is -2.21. The molecular formula is C9H14F3NO6S. The van der Waals surface area contributed by atoms with E-state index in [2.05, 4.69) is 4.74 Å². The quantitative estimate of drug-likeness (QED) is 0.642. The number of carbonyl (C=O) groups is 2. The summed E-state index contributed by atoms with van der Waals surface area (Å²) < 4.78 is 64.0. The number of aliphatic carboxylic acids is 1. The zero-order valence-electron chi connectivity index (χ0n) is 10.5. The van der Waals surface area contributed by atoms with Gasteiger partial charge < -0.3 is 9.84 Å². The van der Waals surface area contributed by atoms with Gasteiger partial charge in [-0.2, -0.15) is 17.5 Å². The lowest BCUT2D eigenvalue weighted by atomic mass is 10.3. The van der Waals surface area contributed by atoms with E-state index in [4.69, 9.17) is 5.11 Å². The molecule has 0 rings (SSSR count). The van der Waals surface area contributed by atoms with Crippen LogP contribution in [-0.4, -0.2) is 61.9 Å². The molecule has 0 atom stereocenters. The van der Waals surface area contributed by atoms with Crippen molar-refractivity contribution < 1.29 is 41.0 Å². The van der Waals surface area contributed by atoms with E-state index in [0.717, 1.165) is 7.11 Å². The van der Waals surface area contributed by atoms with Crippen molar-refractivity contribution in [3.05, 3.63) is 0 Å². The first-order valence-corrected chi connectivity index (χ1v) is 6.92. The number of methoxy groups -OCH3 is 1. The fourth-order valence-corrected chi connectivity index (χ4v) is 2.65. The second-order valence-electron chi connectivity index (χ2n) is 3.77. The standard InChI is InChI=1S/C9H14F3NO6S/c1-19-8(16)3-2-4-20(17,18)13(5-7(14)15)6-9(10,11)12/h2-6H2,1H3,(H,14,15). The molecule has 20 heavy (non-hydrogen) atoms. The SMILES string of the molecule is COC(=O)CCCS(=O)(=O)N(CC(=O)O)CC(F)(F)F. The maximum atomic E-state index is 12.2. The highest BCUT2D eigenvalue weighted by Crippen LogP contribution is 2.19. The van der Waals surface area contributed by atoms with Gasteiger partial charge in [0.25, 0.3) is 0 Å². The molecule has 0 fully saturated rings. The third-order valence-corrected chi connectivity index (χ3v) is 3.92. The van der Waals surface area contributed by atoms with Gasteiger partial charge in [-0.25, -0.2) is 8.42 Å². The van der Waals surface area contributed by atoms with Crippen molar-refractivity contribution in [2.45, 2.75) is 19.0 Å². The number of sulfonamides is 1. The number of halogens is 3. The molecular weight excluding hydrogens is 307 g/mol. The number of carboxylic acids is 1. The molecule has 7 nitrogen and oxygen atoms in total. The van der Waals surface area contributed by atoms with Gasteiger partial charge in [-0.15, -0.1) is 0 Å². The van der Waals surface area contributed by atoms with E-state index in [0.29, 0.717) is 0 Å². The predicted octanol–water partition coefficient (Wildman–Crippen LogP) is 0.218. The van der Waals surface area contributed by atoms with Crippen LogP contribution in [0.25, 0.3) is 0 Å². The Bertz CT molecular complexity index is 447. The zero-order valence-corrected chi connectivity index (χ0v) is 11.3. The van der Waals surface area contributed by atoms with Crippen LogP contribution in [0.2, 0.25) is 0 Å². The number of ether oxygens (including phenoxy) is 1. The van der Waals surface area contributed by atoms with Crippen LogP contribution in [0.15, 0.2) is 0 Å². The smallest absolute Gasteiger partial charge is 0.402 e. The van der Waals surface area contributed by atoms with Gasteiger partial charge in [0.15, 0.2) is 0 Å². The fourth-order valence-electron chi connectivity index (χ4n) is 1.23. The highest BCUT2D eigenvalue weighted by Gasteiger charge is 2.37. The van der Waals surface area contributed by atoms with Crippen molar-refractivity contribution >= 4 is 22.0 Å². The van der Waals surface area contributed by atoms with Crippen LogP contribution in [0, 0.1) is 0 Å². The van der Waals surface area contributed by atoms with Crippen LogP contribution >= 0.6 is 0 Å². The lowest BCUT2D eigenvalue weighted by Crippen LogP contribution is -2.43. The largest absolute Gasteiger partial charge is 0.480 e. The molecule has 0 aromatic rings. The number of rotatable bonds is 8. The minimum atomic E-state index is -4.86. The summed E-state index contributed by atoms with van der Waals surface area (Å²) in [6.45, 7) is -3.18. The molecule has 0 saturated heterocycles. The Morgan fingerprint density at radius 3 is 2.25 bits per heavy atom. The van der Waals surface area contributed by atoms with Crippen LogP contribution in [-0.2, 0) is 24.3 Å². The molecule has 0 aliphatic carbocycles. The molecule has 0 spiro atoms. The fraction of sp³-hybridized carbons (Fsp3) is 0.778. The number of alkyl halides is 3. The molecule has 0 bridgehead atoms. The van der Waals surface area contributed by atoms with Crippen LogP contribution in [0.1, 0.15) is 12.8 Å². The molecule has 0 aliphatic heterocycles. The summed E-state index contributed by atoms with van der Waals surface area (Å²) in [7, 11) is -3.35. The third kappa shape index (κ3) is 7.94. The van der Waals surface area contributed by atoms with Gasteiger partial charge in [0.05, 0.1) is 12.9 Å². The molecule has 0 aliphatic rings. The lowest BCUT2D eigenvalue weighted by molar-refractivity contribution is -0.146. The first kappa shape index (κ1) is 18.6. The zero-order chi connectivity index (χ0) is 16.0. The topological polar surface area (TPSA) is 101 Å². The van der Waals surface area contributed by atoms with Crippen molar-refractivity contribution in [3.8, 4) is 0 Å². The maximum Gasteiger partial charge on any atom is 0.402 e. The summed E-state index contributed by atoms with van der Waals surface area (Å²) in [5, 5.41) is 8.45. The summed E-state index contributed by atoms with van der Waals surface area (Å²) >= 11 is 0. The predicted molar refractivity (Wildman–Crippen MR) is 60.3 cm³/mol. The van der Waals surface area contributed by atoms with E-state index in [1.807, 2.05) is 0 Å². The van der Waals surface area contributed by atoms with Gasteiger partial charge in [-0.05, 0) is 6.42 Å². The van der Waals surface area contributed by atoms with Crippen molar-refractivity contribution in [1.29, 1.82) is 0 Å². The Morgan fingerprint density at radius 1 is 1.30 bits per heavy atom. The third-order valence-electron chi connectivity index (χ3n) is 2.07. The summed E-state index contributed by atoms with van der Waals surface area (Å²) in [4.78, 5) is 21.2. The highest BCUT2D eigenvalue weighted by atomic mass is 32.2. The van der Waals surface area contributed by atoms with Crippen molar-refractivity contribution in [2.75, 3.05) is 26.0 Å². The van der Waals surface area contributed by atoms with Gasteiger partial charge in [0, 0.05) is 6.42 Å². The van der Waals surface area contributed by atoms with E-state index in [1.54, 1.807) is 0 Å². The van der Waals surface area contributed by atoms with Crippen LogP contribution in [0.3, 0.4) is 0 Å². The first-order chi connectivity index (χ1) is 8.98. The summed E-state index contributed by atoms with van der Waals surface area (Å²) in [5.74, 6) is -3.18. The van der Waals surface area contributed by atoms with Gasteiger partial charge in [0.1, 0.15) is 13.1 Å². The van der Waals surface area contributed by atoms with Crippen molar-refractivity contribution in [2.24, 2.45) is 0 Å². The minimum Gasteiger partial charge on any atom is -0.480 e. The molecule has 0 aromatic carbocycles. The average Bonchev–Trinajstić information content (AvgIpc) is 2.25. The molecule has 0 unspecified atom stereocenters. The van der Waals surface area contributed by atoms with Crippen LogP contribution < -0.4 is 0 Å². The van der Waals surface area contributed by atoms with Crippen molar-refractivity contribution in [3.63, 3.8) is 0 Å². The number of carbonyl (C=O) groups excluding carboxylic acids is 1. The summed E-state index contributed by atoms with van der Waals surface area (Å²) in [5.41, 5.74) is 0. The van der Waals surface area contributed by atoms with E-state index in [1.165, 1.54) is 0 Å². The Hall–Kier alpha value is -1.36. The van der Waals surface area contributed by atoms with E-state index < -0.39 is 47.0 Å². The number of carboxylic acid groups (broad SMARTS) is 1. The molecule has 0 saturated carbocycles. The molecule has 0 radical (unpaired) electrons. The van der Waals surface area contributed by atoms with E-state index in [-0.39, 0.29) is 17.1 Å². The second-order valence-corrected chi connectivity index (χ2v) is 5.86. The van der Waals surface area contributed by atoms with Gasteiger partial charge in [-0.3, -0.25) is 9.59 Å². The Morgan fingerprint density at radius 2 is 1.85 bits per heavy atom. The Balaban J connectivity index is 4.77. The molecule has 0 aromatic heterocycles. The van der Waals surface area contributed by atoms with Gasteiger partial charge in [-0.1, -0.05) is 0 Å². The maximum absolute atomic E-state index is 12.2. The monoisotopic (exact) mass is 321 g/mol. The molecule has 118 valence electrons. The van der Waals surface area contributed by atoms with Gasteiger partial charge in [0.2, 0.25) is 10.0 Å². The van der Waals surface area contributed by atoms with Crippen LogP contribution in [0.4, 0.5) is 13.2 Å². The number of nitrogens with zero attached hydrogens (tertiary/aromatic N) is 1. The van der Waals surface area contributed by atoms with E-state index >= 15 is 0 Å². The average molecular weight is 321 g/mol. The summed E-state index contributed by atoms with van der Waals surface area (Å²) in [6.07, 6.45) is -5.41. The summed E-state index contributed by atoms with van der Waals surface area (Å²) in [6, 6.07) is 0. The Labute approximate surface area is 113 Å². The molecule has 0 amide bonds. The minimum absolute atomic E-state index is 0.174. The number of hydrogen-bond acceptors (Lipinski definition) is 5. The molecule has 0 heterocycles.